The van der Waals surface area contributed by atoms with Crippen LogP contribution < -0.4 is 4.74 Å². The van der Waals surface area contributed by atoms with Crippen molar-refractivity contribution >= 4 is 10.9 Å². The Bertz CT molecular complexity index is 704. The van der Waals surface area contributed by atoms with Crippen LogP contribution in [0.4, 0.5) is 0 Å². The number of benzene rings is 2. The van der Waals surface area contributed by atoms with E-state index in [1.165, 1.54) is 5.39 Å². The van der Waals surface area contributed by atoms with Crippen molar-refractivity contribution in [2.24, 2.45) is 0 Å². The predicted molar refractivity (Wildman–Crippen MR) is 83.0 cm³/mol. The molecule has 0 spiro atoms. The molecule has 0 N–H and O–H groups in total. The Balaban J connectivity index is 1.90. The largest absolute Gasteiger partial charge is 0.494 e. The Morgan fingerprint density at radius 2 is 1.70 bits per heavy atom. The first-order valence-electron chi connectivity index (χ1n) is 6.96. The minimum atomic E-state index is 0.758. The molecule has 20 heavy (non-hydrogen) atoms. The van der Waals surface area contributed by atoms with Crippen LogP contribution in [0.25, 0.3) is 22.2 Å². The van der Waals surface area contributed by atoms with Gasteiger partial charge in [-0.2, -0.15) is 0 Å². The number of rotatable bonds is 4. The SMILES string of the molecule is CCCOc1ccc(-c2ccc3ccccc3n2)cc1. The van der Waals surface area contributed by atoms with Gasteiger partial charge in [0.25, 0.3) is 0 Å². The number of aromatic nitrogens is 1. The highest BCUT2D eigenvalue weighted by Gasteiger charge is 2.02. The Morgan fingerprint density at radius 3 is 2.50 bits per heavy atom. The first-order chi connectivity index (χ1) is 9.86. The van der Waals surface area contributed by atoms with E-state index in [1.54, 1.807) is 0 Å². The molecule has 0 aliphatic carbocycles. The lowest BCUT2D eigenvalue weighted by Crippen LogP contribution is -1.94. The van der Waals surface area contributed by atoms with E-state index in [2.05, 4.69) is 37.3 Å². The van der Waals surface area contributed by atoms with Crippen LogP contribution in [-0.4, -0.2) is 11.6 Å². The van der Waals surface area contributed by atoms with Gasteiger partial charge in [0.05, 0.1) is 17.8 Å². The Hall–Kier alpha value is -2.35. The summed E-state index contributed by atoms with van der Waals surface area (Å²) < 4.78 is 5.60. The maximum Gasteiger partial charge on any atom is 0.119 e. The molecule has 0 amide bonds. The Morgan fingerprint density at radius 1 is 0.900 bits per heavy atom. The topological polar surface area (TPSA) is 22.1 Å². The molecule has 2 heteroatoms. The molecule has 0 bridgehead atoms. The second-order valence-corrected chi connectivity index (χ2v) is 4.76. The molecule has 100 valence electrons. The molecule has 1 aromatic heterocycles. The summed E-state index contributed by atoms with van der Waals surface area (Å²) in [6, 6.07) is 20.5. The van der Waals surface area contributed by atoms with Crippen molar-refractivity contribution in [1.82, 2.24) is 4.98 Å². The second kappa shape index (κ2) is 5.74. The summed E-state index contributed by atoms with van der Waals surface area (Å²) in [5.74, 6) is 0.913. The van der Waals surface area contributed by atoms with Crippen molar-refractivity contribution in [3.05, 3.63) is 60.7 Å². The summed E-state index contributed by atoms with van der Waals surface area (Å²) >= 11 is 0. The molecular weight excluding hydrogens is 246 g/mol. The van der Waals surface area contributed by atoms with E-state index < -0.39 is 0 Å². The average molecular weight is 263 g/mol. The third kappa shape index (κ3) is 2.64. The number of hydrogen-bond donors (Lipinski definition) is 0. The zero-order valence-corrected chi connectivity index (χ0v) is 11.5. The van der Waals surface area contributed by atoms with Crippen LogP contribution in [0.1, 0.15) is 13.3 Å². The van der Waals surface area contributed by atoms with Gasteiger partial charge in [0, 0.05) is 10.9 Å². The highest BCUT2D eigenvalue weighted by molar-refractivity contribution is 5.81. The maximum atomic E-state index is 5.60. The van der Waals surface area contributed by atoms with E-state index >= 15 is 0 Å². The van der Waals surface area contributed by atoms with Gasteiger partial charge in [-0.3, -0.25) is 0 Å². The van der Waals surface area contributed by atoms with Crippen LogP contribution in [0.3, 0.4) is 0 Å². The zero-order valence-electron chi connectivity index (χ0n) is 11.5. The Kier molecular flexibility index (Phi) is 3.64. The van der Waals surface area contributed by atoms with Crippen LogP contribution >= 0.6 is 0 Å². The number of hydrogen-bond acceptors (Lipinski definition) is 2. The van der Waals surface area contributed by atoms with Gasteiger partial charge in [-0.25, -0.2) is 4.98 Å². The molecule has 0 fully saturated rings. The molecule has 0 atom stereocenters. The molecule has 0 aliphatic heterocycles. The fourth-order valence-corrected chi connectivity index (χ4v) is 2.17. The van der Waals surface area contributed by atoms with Gasteiger partial charge in [-0.1, -0.05) is 31.2 Å². The normalized spacial score (nSPS) is 10.7. The fraction of sp³-hybridized carbons (Fsp3) is 0.167. The van der Waals surface area contributed by atoms with Crippen LogP contribution in [0, 0.1) is 0 Å². The van der Waals surface area contributed by atoms with Gasteiger partial charge in [0.2, 0.25) is 0 Å². The Labute approximate surface area is 119 Å². The molecule has 3 aromatic rings. The number of fused-ring (bicyclic) bond motifs is 1. The van der Waals surface area contributed by atoms with Crippen molar-refractivity contribution < 1.29 is 4.74 Å². The lowest BCUT2D eigenvalue weighted by atomic mass is 10.1. The summed E-state index contributed by atoms with van der Waals surface area (Å²) in [6.45, 7) is 2.86. The molecule has 1 heterocycles. The van der Waals surface area contributed by atoms with Crippen molar-refractivity contribution in [2.45, 2.75) is 13.3 Å². The summed E-state index contributed by atoms with van der Waals surface area (Å²) in [5.41, 5.74) is 3.13. The third-order valence-corrected chi connectivity index (χ3v) is 3.22. The molecule has 0 unspecified atom stereocenters. The molecule has 0 saturated heterocycles. The van der Waals surface area contributed by atoms with Gasteiger partial charge >= 0.3 is 0 Å². The van der Waals surface area contributed by atoms with E-state index in [4.69, 9.17) is 9.72 Å². The minimum Gasteiger partial charge on any atom is -0.494 e. The van der Waals surface area contributed by atoms with E-state index in [0.717, 1.165) is 35.6 Å². The highest BCUT2D eigenvalue weighted by Crippen LogP contribution is 2.23. The molecule has 2 nitrogen and oxygen atoms in total. The standard InChI is InChI=1S/C18H17NO/c1-2-13-20-16-10-7-15(8-11-16)18-12-9-14-5-3-4-6-17(14)19-18/h3-12H,2,13H2,1H3. The number of para-hydroxylation sites is 1. The van der Waals surface area contributed by atoms with Gasteiger partial charge in [-0.05, 0) is 42.8 Å². The van der Waals surface area contributed by atoms with Crippen LogP contribution in [0.5, 0.6) is 5.75 Å². The van der Waals surface area contributed by atoms with E-state index in [0.29, 0.717) is 0 Å². The van der Waals surface area contributed by atoms with Gasteiger partial charge < -0.3 is 4.74 Å². The minimum absolute atomic E-state index is 0.758. The summed E-state index contributed by atoms with van der Waals surface area (Å²) in [4.78, 5) is 4.70. The first-order valence-corrected chi connectivity index (χ1v) is 6.96. The number of nitrogens with zero attached hydrogens (tertiary/aromatic N) is 1. The zero-order chi connectivity index (χ0) is 13.8. The monoisotopic (exact) mass is 263 g/mol. The molecule has 0 aliphatic rings. The van der Waals surface area contributed by atoms with E-state index in [-0.39, 0.29) is 0 Å². The summed E-state index contributed by atoms with van der Waals surface area (Å²) in [6.07, 6.45) is 1.02. The summed E-state index contributed by atoms with van der Waals surface area (Å²) in [5, 5.41) is 1.17. The molecule has 3 rings (SSSR count). The first kappa shape index (κ1) is 12.7. The van der Waals surface area contributed by atoms with Gasteiger partial charge in [0.1, 0.15) is 5.75 Å². The third-order valence-electron chi connectivity index (χ3n) is 3.22. The summed E-state index contributed by atoms with van der Waals surface area (Å²) in [7, 11) is 0. The van der Waals surface area contributed by atoms with Gasteiger partial charge in [-0.15, -0.1) is 0 Å². The lowest BCUT2D eigenvalue weighted by Gasteiger charge is -2.06. The quantitative estimate of drug-likeness (QED) is 0.681. The number of ether oxygens (including phenoxy) is 1. The van der Waals surface area contributed by atoms with E-state index in [9.17, 15) is 0 Å². The van der Waals surface area contributed by atoms with E-state index in [1.807, 2.05) is 30.3 Å². The molecule has 2 aromatic carbocycles. The van der Waals surface area contributed by atoms with Crippen LogP contribution in [-0.2, 0) is 0 Å². The molecular formula is C18H17NO. The maximum absolute atomic E-state index is 5.60. The highest BCUT2D eigenvalue weighted by atomic mass is 16.5. The van der Waals surface area contributed by atoms with Crippen molar-refractivity contribution in [3.63, 3.8) is 0 Å². The molecule has 0 saturated carbocycles. The van der Waals surface area contributed by atoms with Crippen molar-refractivity contribution in [3.8, 4) is 17.0 Å². The molecule has 0 radical (unpaired) electrons. The lowest BCUT2D eigenvalue weighted by molar-refractivity contribution is 0.317. The smallest absolute Gasteiger partial charge is 0.119 e. The van der Waals surface area contributed by atoms with Crippen molar-refractivity contribution in [1.29, 1.82) is 0 Å². The average Bonchev–Trinajstić information content (AvgIpc) is 2.53. The van der Waals surface area contributed by atoms with Crippen LogP contribution in [0.15, 0.2) is 60.7 Å². The predicted octanol–water partition coefficient (Wildman–Crippen LogP) is 4.69. The van der Waals surface area contributed by atoms with Crippen molar-refractivity contribution in [2.75, 3.05) is 6.61 Å². The number of pyridine rings is 1. The fourth-order valence-electron chi connectivity index (χ4n) is 2.17. The van der Waals surface area contributed by atoms with Crippen LogP contribution in [0.2, 0.25) is 0 Å². The second-order valence-electron chi connectivity index (χ2n) is 4.76. The van der Waals surface area contributed by atoms with Gasteiger partial charge in [0.15, 0.2) is 0 Å².